The van der Waals surface area contributed by atoms with E-state index in [9.17, 15) is 13.6 Å². The number of carbonyl (C=O) groups excluding carboxylic acids is 1. The van der Waals surface area contributed by atoms with Crippen molar-refractivity contribution in [1.29, 1.82) is 0 Å². The Morgan fingerprint density at radius 1 is 1.24 bits per heavy atom. The molecule has 4 rings (SSSR count). The molecular formula is C27H31F2N7O. The van der Waals surface area contributed by atoms with Gasteiger partial charge in [0, 0.05) is 42.3 Å². The van der Waals surface area contributed by atoms with E-state index in [1.54, 1.807) is 43.1 Å². The van der Waals surface area contributed by atoms with Crippen LogP contribution >= 0.6 is 0 Å². The second-order valence-electron chi connectivity index (χ2n) is 9.13. The minimum atomic E-state index is -0.905. The average molecular weight is 508 g/mol. The summed E-state index contributed by atoms with van der Waals surface area (Å²) in [5.41, 5.74) is 16.3. The van der Waals surface area contributed by atoms with Gasteiger partial charge >= 0.3 is 0 Å². The van der Waals surface area contributed by atoms with Crippen molar-refractivity contribution in [3.05, 3.63) is 83.3 Å². The number of nitrogens with two attached hydrogens (primary N) is 2. The Labute approximate surface area is 214 Å². The second-order valence-corrected chi connectivity index (χ2v) is 9.13. The van der Waals surface area contributed by atoms with Crippen molar-refractivity contribution in [1.82, 2.24) is 9.78 Å². The summed E-state index contributed by atoms with van der Waals surface area (Å²) in [7, 11) is 0. The third-order valence-corrected chi connectivity index (χ3v) is 6.24. The highest BCUT2D eigenvalue weighted by atomic mass is 19.2. The van der Waals surface area contributed by atoms with E-state index in [0.717, 1.165) is 37.2 Å². The quantitative estimate of drug-likeness (QED) is 0.253. The van der Waals surface area contributed by atoms with E-state index in [1.165, 1.54) is 6.07 Å². The Balaban J connectivity index is 1.49. The molecule has 0 aliphatic carbocycles. The van der Waals surface area contributed by atoms with Gasteiger partial charge in [-0.25, -0.2) is 13.8 Å². The fraction of sp³-hybridized carbons (Fsp3) is 0.296. The number of nitrogens with zero attached hydrogens (tertiary/aromatic N) is 4. The smallest absolute Gasteiger partial charge is 0.273 e. The SMILES string of the molecule is C/C=C(\N=C(/C)c1cnn(Cc2ccc(F)c(F)c2)c1)C(=O)Nc1cc(N)ccc1N1CCC[C@@H](N)C1. The van der Waals surface area contributed by atoms with Gasteiger partial charge in [-0.1, -0.05) is 12.1 Å². The van der Waals surface area contributed by atoms with Gasteiger partial charge < -0.3 is 21.7 Å². The highest BCUT2D eigenvalue weighted by Gasteiger charge is 2.21. The van der Waals surface area contributed by atoms with Crippen molar-refractivity contribution in [2.75, 3.05) is 29.0 Å². The van der Waals surface area contributed by atoms with Crippen molar-refractivity contribution in [3.63, 3.8) is 0 Å². The molecule has 1 amide bonds. The van der Waals surface area contributed by atoms with Crippen LogP contribution in [0.5, 0.6) is 0 Å². The molecular weight excluding hydrogens is 476 g/mol. The van der Waals surface area contributed by atoms with Crippen LogP contribution in [0, 0.1) is 11.6 Å². The molecule has 0 saturated carbocycles. The second kappa shape index (κ2) is 11.3. The number of piperidine rings is 1. The molecule has 0 unspecified atom stereocenters. The van der Waals surface area contributed by atoms with Gasteiger partial charge in [0.2, 0.25) is 0 Å². The number of aromatic nitrogens is 2. The summed E-state index contributed by atoms with van der Waals surface area (Å²) >= 11 is 0. The van der Waals surface area contributed by atoms with Crippen LogP contribution in [0.25, 0.3) is 0 Å². The lowest BCUT2D eigenvalue weighted by atomic mass is 10.1. The van der Waals surface area contributed by atoms with Crippen LogP contribution < -0.4 is 21.7 Å². The van der Waals surface area contributed by atoms with Crippen molar-refractivity contribution >= 4 is 28.7 Å². The van der Waals surface area contributed by atoms with Gasteiger partial charge in [-0.3, -0.25) is 9.48 Å². The molecule has 8 nitrogen and oxygen atoms in total. The molecule has 1 fully saturated rings. The van der Waals surface area contributed by atoms with Crippen molar-refractivity contribution < 1.29 is 13.6 Å². The number of hydrogen-bond acceptors (Lipinski definition) is 6. The number of aliphatic imine (C=N–C) groups is 1. The molecule has 2 heterocycles. The summed E-state index contributed by atoms with van der Waals surface area (Å²) in [6.07, 6.45) is 6.93. The van der Waals surface area contributed by atoms with Gasteiger partial charge in [-0.15, -0.1) is 0 Å². The number of halogens is 2. The van der Waals surface area contributed by atoms with E-state index >= 15 is 0 Å². The molecule has 1 saturated heterocycles. The number of rotatable bonds is 7. The summed E-state index contributed by atoms with van der Waals surface area (Å²) in [6.45, 7) is 5.33. The van der Waals surface area contributed by atoms with Crippen LogP contribution in [-0.2, 0) is 11.3 Å². The Morgan fingerprint density at radius 2 is 2.05 bits per heavy atom. The first-order valence-corrected chi connectivity index (χ1v) is 12.1. The minimum absolute atomic E-state index is 0.0798. The number of anilines is 3. The zero-order chi connectivity index (χ0) is 26.5. The van der Waals surface area contributed by atoms with Gasteiger partial charge in [0.05, 0.1) is 24.1 Å². The lowest BCUT2D eigenvalue weighted by Gasteiger charge is -2.34. The molecule has 5 N–H and O–H groups in total. The van der Waals surface area contributed by atoms with Crippen LogP contribution in [0.4, 0.5) is 25.8 Å². The molecule has 10 heteroatoms. The zero-order valence-electron chi connectivity index (χ0n) is 20.9. The number of nitrogens with one attached hydrogen (secondary N) is 1. The molecule has 1 aromatic heterocycles. The van der Waals surface area contributed by atoms with E-state index in [4.69, 9.17) is 11.5 Å². The maximum atomic E-state index is 13.5. The summed E-state index contributed by atoms with van der Waals surface area (Å²) in [5.74, 6) is -2.17. The van der Waals surface area contributed by atoms with Gasteiger partial charge in [-0.2, -0.15) is 5.10 Å². The van der Waals surface area contributed by atoms with Crippen LogP contribution in [0.3, 0.4) is 0 Å². The third kappa shape index (κ3) is 6.39. The van der Waals surface area contributed by atoms with E-state index in [1.807, 2.05) is 12.1 Å². The average Bonchev–Trinajstić information content (AvgIpc) is 3.33. The van der Waals surface area contributed by atoms with E-state index in [0.29, 0.717) is 34.8 Å². The molecule has 2 aromatic carbocycles. The molecule has 3 aromatic rings. The Hall–Kier alpha value is -4.05. The summed E-state index contributed by atoms with van der Waals surface area (Å²) in [6, 6.07) is 9.25. The number of benzene rings is 2. The summed E-state index contributed by atoms with van der Waals surface area (Å²) in [4.78, 5) is 19.9. The van der Waals surface area contributed by atoms with E-state index < -0.39 is 11.6 Å². The van der Waals surface area contributed by atoms with Crippen LogP contribution in [0.2, 0.25) is 0 Å². The first kappa shape index (κ1) is 26.0. The third-order valence-electron chi connectivity index (χ3n) is 6.24. The molecule has 0 radical (unpaired) electrons. The van der Waals surface area contributed by atoms with E-state index in [2.05, 4.69) is 20.3 Å². The van der Waals surface area contributed by atoms with Gasteiger partial charge in [0.25, 0.3) is 5.91 Å². The Bertz CT molecular complexity index is 1350. The molecule has 0 spiro atoms. The lowest BCUT2D eigenvalue weighted by Crippen LogP contribution is -2.43. The van der Waals surface area contributed by atoms with E-state index in [-0.39, 0.29) is 24.2 Å². The molecule has 194 valence electrons. The predicted octanol–water partition coefficient (Wildman–Crippen LogP) is 4.07. The molecule has 1 aliphatic rings. The number of nitrogen functional groups attached to an aromatic ring is 1. The predicted molar refractivity (Wildman–Crippen MR) is 143 cm³/mol. The summed E-state index contributed by atoms with van der Waals surface area (Å²) in [5, 5.41) is 7.23. The van der Waals surface area contributed by atoms with Gasteiger partial charge in [0.1, 0.15) is 5.70 Å². The normalized spacial score (nSPS) is 16.7. The zero-order valence-corrected chi connectivity index (χ0v) is 20.9. The molecule has 1 atom stereocenters. The first-order valence-electron chi connectivity index (χ1n) is 12.1. The maximum Gasteiger partial charge on any atom is 0.273 e. The lowest BCUT2D eigenvalue weighted by molar-refractivity contribution is -0.112. The number of hydrogen-bond donors (Lipinski definition) is 3. The Kier molecular flexibility index (Phi) is 7.98. The molecule has 1 aliphatic heterocycles. The highest BCUT2D eigenvalue weighted by Crippen LogP contribution is 2.31. The summed E-state index contributed by atoms with van der Waals surface area (Å²) < 4.78 is 28.3. The maximum absolute atomic E-state index is 13.5. The molecule has 0 bridgehead atoms. The number of allylic oxidation sites excluding steroid dienone is 1. The highest BCUT2D eigenvalue weighted by molar-refractivity contribution is 6.09. The minimum Gasteiger partial charge on any atom is -0.399 e. The van der Waals surface area contributed by atoms with Gasteiger partial charge in [-0.05, 0) is 62.6 Å². The van der Waals surface area contributed by atoms with Crippen molar-refractivity contribution in [3.8, 4) is 0 Å². The number of amides is 1. The van der Waals surface area contributed by atoms with Crippen molar-refractivity contribution in [2.24, 2.45) is 10.7 Å². The number of carbonyl (C=O) groups is 1. The fourth-order valence-electron chi connectivity index (χ4n) is 4.30. The van der Waals surface area contributed by atoms with Crippen LogP contribution in [0.1, 0.15) is 37.8 Å². The monoisotopic (exact) mass is 507 g/mol. The Morgan fingerprint density at radius 3 is 2.78 bits per heavy atom. The van der Waals surface area contributed by atoms with Crippen LogP contribution in [0.15, 0.2) is 65.6 Å². The van der Waals surface area contributed by atoms with Crippen LogP contribution in [-0.4, -0.2) is 40.5 Å². The fourth-order valence-corrected chi connectivity index (χ4v) is 4.30. The van der Waals surface area contributed by atoms with Gasteiger partial charge in [0.15, 0.2) is 11.6 Å². The largest absolute Gasteiger partial charge is 0.399 e. The standard InChI is InChI=1S/C27H31F2N7O/c1-3-24(27(37)34-25-12-20(30)7-9-26(25)35-10-4-5-21(31)16-35)33-17(2)19-13-32-36(15-19)14-18-6-8-22(28)23(29)11-18/h3,6-9,11-13,15,21H,4-5,10,14,16,30-31H2,1-2H3,(H,34,37)/b24-3-,33-17+/t21-/m1/s1. The molecule has 37 heavy (non-hydrogen) atoms. The van der Waals surface area contributed by atoms with Crippen molar-refractivity contribution in [2.45, 2.75) is 39.3 Å². The first-order chi connectivity index (χ1) is 17.7. The topological polar surface area (TPSA) is 115 Å².